The van der Waals surface area contributed by atoms with Crippen LogP contribution in [0.4, 0.5) is 0 Å². The fourth-order valence-electron chi connectivity index (χ4n) is 0.842. The Kier molecular flexibility index (Phi) is 3.90. The summed E-state index contributed by atoms with van der Waals surface area (Å²) in [5, 5.41) is 0. The summed E-state index contributed by atoms with van der Waals surface area (Å²) in [4.78, 5) is 11.3. The monoisotopic (exact) mass is 208 g/mol. The number of sulfone groups is 1. The minimum atomic E-state index is -3.41. The topological polar surface area (TPSA) is 60.4 Å². The van der Waals surface area contributed by atoms with Crippen LogP contribution < -0.4 is 0 Å². The lowest BCUT2D eigenvalue weighted by molar-refractivity contribution is -0.145. The third-order valence-electron chi connectivity index (χ3n) is 2.20. The molecule has 0 saturated heterocycles. The minimum Gasteiger partial charge on any atom is -0.465 e. The minimum absolute atomic E-state index is 0.198. The highest BCUT2D eigenvalue weighted by atomic mass is 32.2. The summed E-state index contributed by atoms with van der Waals surface area (Å²) >= 11 is 0. The molecule has 13 heavy (non-hydrogen) atoms. The highest BCUT2D eigenvalue weighted by molar-refractivity contribution is 7.92. The fourth-order valence-corrected chi connectivity index (χ4v) is 1.73. The second-order valence-electron chi connectivity index (χ2n) is 3.08. The van der Waals surface area contributed by atoms with Gasteiger partial charge in [-0.15, -0.1) is 0 Å². The molecule has 0 spiro atoms. The highest BCUT2D eigenvalue weighted by Crippen LogP contribution is 2.22. The average Bonchev–Trinajstić information content (AvgIpc) is 2.01. The summed E-state index contributed by atoms with van der Waals surface area (Å²) in [6.45, 7) is 4.89. The predicted octanol–water partition coefficient (Wildman–Crippen LogP) is 0.763. The van der Waals surface area contributed by atoms with Crippen LogP contribution in [0.15, 0.2) is 0 Å². The van der Waals surface area contributed by atoms with Crippen LogP contribution in [-0.4, -0.2) is 32.0 Å². The van der Waals surface area contributed by atoms with Crippen LogP contribution >= 0.6 is 0 Å². The first-order chi connectivity index (χ1) is 5.79. The van der Waals surface area contributed by atoms with Gasteiger partial charge in [0.1, 0.15) is 0 Å². The zero-order valence-electron chi connectivity index (χ0n) is 8.46. The summed E-state index contributed by atoms with van der Waals surface area (Å²) in [6, 6.07) is 0. The second kappa shape index (κ2) is 4.09. The van der Waals surface area contributed by atoms with Crippen molar-refractivity contribution < 1.29 is 17.9 Å². The van der Waals surface area contributed by atoms with Gasteiger partial charge in [-0.3, -0.25) is 4.79 Å². The van der Waals surface area contributed by atoms with Crippen LogP contribution in [0.1, 0.15) is 27.2 Å². The van der Waals surface area contributed by atoms with Gasteiger partial charge < -0.3 is 4.74 Å². The van der Waals surface area contributed by atoms with Crippen LogP contribution in [0.25, 0.3) is 0 Å². The van der Waals surface area contributed by atoms with E-state index < -0.39 is 20.6 Å². The lowest BCUT2D eigenvalue weighted by Gasteiger charge is -2.23. The Hall–Kier alpha value is -0.580. The molecule has 0 N–H and O–H groups in total. The van der Waals surface area contributed by atoms with Crippen molar-refractivity contribution in [1.29, 1.82) is 0 Å². The SMILES string of the molecule is CCOC(=O)C(C)(CC)S(C)(=O)=O. The third-order valence-corrected chi connectivity index (χ3v) is 4.29. The Labute approximate surface area is 79.2 Å². The normalized spacial score (nSPS) is 16.3. The van der Waals surface area contributed by atoms with Gasteiger partial charge in [0.15, 0.2) is 14.6 Å². The number of hydrogen-bond donors (Lipinski definition) is 0. The summed E-state index contributed by atoms with van der Waals surface area (Å²) in [5.41, 5.74) is 0. The van der Waals surface area contributed by atoms with Crippen molar-refractivity contribution >= 4 is 15.8 Å². The van der Waals surface area contributed by atoms with Gasteiger partial charge >= 0.3 is 5.97 Å². The van der Waals surface area contributed by atoms with E-state index in [1.165, 1.54) is 6.92 Å². The average molecular weight is 208 g/mol. The summed E-state index contributed by atoms with van der Waals surface area (Å²) in [5.74, 6) is -0.667. The van der Waals surface area contributed by atoms with Crippen molar-refractivity contribution in [2.75, 3.05) is 12.9 Å². The van der Waals surface area contributed by atoms with Gasteiger partial charge in [0.05, 0.1) is 6.61 Å². The van der Waals surface area contributed by atoms with Gasteiger partial charge in [-0.05, 0) is 20.3 Å². The van der Waals surface area contributed by atoms with Crippen LogP contribution in [-0.2, 0) is 19.4 Å². The lowest BCUT2D eigenvalue weighted by atomic mass is 10.1. The van der Waals surface area contributed by atoms with E-state index in [0.29, 0.717) is 0 Å². The summed E-state index contributed by atoms with van der Waals surface area (Å²) in [6.07, 6.45) is 1.28. The van der Waals surface area contributed by atoms with Crippen LogP contribution in [0, 0.1) is 0 Å². The molecule has 0 saturated carbocycles. The molecular formula is C8H16O4S. The molecule has 78 valence electrons. The second-order valence-corrected chi connectivity index (χ2v) is 5.52. The Balaban J connectivity index is 4.96. The number of hydrogen-bond acceptors (Lipinski definition) is 4. The van der Waals surface area contributed by atoms with Crippen molar-refractivity contribution in [2.24, 2.45) is 0 Å². The molecular weight excluding hydrogens is 192 g/mol. The van der Waals surface area contributed by atoms with Crippen molar-refractivity contribution in [3.05, 3.63) is 0 Å². The molecule has 0 heterocycles. The van der Waals surface area contributed by atoms with Gasteiger partial charge in [0, 0.05) is 6.26 Å². The van der Waals surface area contributed by atoms with E-state index in [-0.39, 0.29) is 13.0 Å². The maximum atomic E-state index is 11.3. The zero-order valence-corrected chi connectivity index (χ0v) is 9.27. The van der Waals surface area contributed by atoms with Gasteiger partial charge in [-0.2, -0.15) is 0 Å². The van der Waals surface area contributed by atoms with E-state index >= 15 is 0 Å². The number of esters is 1. The van der Waals surface area contributed by atoms with E-state index in [1.807, 2.05) is 0 Å². The van der Waals surface area contributed by atoms with Crippen LogP contribution in [0.5, 0.6) is 0 Å². The quantitative estimate of drug-likeness (QED) is 0.640. The largest absolute Gasteiger partial charge is 0.465 e. The lowest BCUT2D eigenvalue weighted by Crippen LogP contribution is -2.43. The molecule has 1 unspecified atom stereocenters. The molecule has 0 radical (unpaired) electrons. The Morgan fingerprint density at radius 3 is 2.08 bits per heavy atom. The van der Waals surface area contributed by atoms with Crippen molar-refractivity contribution in [3.8, 4) is 0 Å². The van der Waals surface area contributed by atoms with Crippen molar-refractivity contribution in [1.82, 2.24) is 0 Å². The number of ether oxygens (including phenoxy) is 1. The molecule has 0 aliphatic rings. The van der Waals surface area contributed by atoms with Gasteiger partial charge in [-0.1, -0.05) is 6.92 Å². The molecule has 0 aromatic heterocycles. The molecule has 0 aliphatic carbocycles. The fraction of sp³-hybridized carbons (Fsp3) is 0.875. The molecule has 0 aliphatic heterocycles. The van der Waals surface area contributed by atoms with E-state index in [0.717, 1.165) is 6.26 Å². The van der Waals surface area contributed by atoms with Crippen molar-refractivity contribution in [3.63, 3.8) is 0 Å². The number of carbonyl (C=O) groups is 1. The molecule has 0 aromatic rings. The van der Waals surface area contributed by atoms with E-state index in [1.54, 1.807) is 13.8 Å². The Morgan fingerprint density at radius 1 is 1.38 bits per heavy atom. The standard InChI is InChI=1S/C8H16O4S/c1-5-8(3,13(4,10)11)7(9)12-6-2/h5-6H2,1-4H3. The zero-order chi connectivity index (χ0) is 10.7. The molecule has 5 heteroatoms. The van der Waals surface area contributed by atoms with Crippen LogP contribution in [0.2, 0.25) is 0 Å². The predicted molar refractivity (Wildman–Crippen MR) is 50.2 cm³/mol. The molecule has 0 aromatic carbocycles. The maximum absolute atomic E-state index is 11.3. The third kappa shape index (κ3) is 2.43. The van der Waals surface area contributed by atoms with Crippen LogP contribution in [0.3, 0.4) is 0 Å². The molecule has 0 fully saturated rings. The molecule has 1 atom stereocenters. The molecule has 0 amide bonds. The van der Waals surface area contributed by atoms with E-state index in [9.17, 15) is 13.2 Å². The molecule has 0 rings (SSSR count). The molecule has 4 nitrogen and oxygen atoms in total. The smallest absolute Gasteiger partial charge is 0.327 e. The maximum Gasteiger partial charge on any atom is 0.327 e. The van der Waals surface area contributed by atoms with Crippen molar-refractivity contribution in [2.45, 2.75) is 31.9 Å². The summed E-state index contributed by atoms with van der Waals surface area (Å²) < 4.78 is 25.9. The van der Waals surface area contributed by atoms with E-state index in [2.05, 4.69) is 0 Å². The molecule has 0 bridgehead atoms. The first-order valence-electron chi connectivity index (χ1n) is 4.16. The number of carbonyl (C=O) groups excluding carboxylic acids is 1. The van der Waals surface area contributed by atoms with E-state index in [4.69, 9.17) is 4.74 Å². The van der Waals surface area contributed by atoms with Gasteiger partial charge in [-0.25, -0.2) is 8.42 Å². The van der Waals surface area contributed by atoms with Gasteiger partial charge in [0.25, 0.3) is 0 Å². The highest BCUT2D eigenvalue weighted by Gasteiger charge is 2.43. The first kappa shape index (κ1) is 12.4. The number of rotatable bonds is 4. The Bertz CT molecular complexity index is 281. The summed E-state index contributed by atoms with van der Waals surface area (Å²) in [7, 11) is -3.41. The van der Waals surface area contributed by atoms with Gasteiger partial charge in [0.2, 0.25) is 0 Å². The Morgan fingerprint density at radius 2 is 1.85 bits per heavy atom. The first-order valence-corrected chi connectivity index (χ1v) is 6.05.